The van der Waals surface area contributed by atoms with Gasteiger partial charge < -0.3 is 10.1 Å². The zero-order valence-corrected chi connectivity index (χ0v) is 14.9. The third kappa shape index (κ3) is 5.54. The van der Waals surface area contributed by atoms with Gasteiger partial charge in [0.2, 0.25) is 0 Å². The maximum Gasteiger partial charge on any atom is 0.124 e. The molecule has 2 heteroatoms. The Labute approximate surface area is 141 Å². The van der Waals surface area contributed by atoms with Crippen molar-refractivity contribution in [1.29, 1.82) is 0 Å². The van der Waals surface area contributed by atoms with Crippen molar-refractivity contribution in [1.82, 2.24) is 5.32 Å². The molecule has 1 N–H and O–H groups in total. The molecule has 0 aliphatic heterocycles. The highest BCUT2D eigenvalue weighted by Crippen LogP contribution is 2.28. The van der Waals surface area contributed by atoms with Crippen LogP contribution in [0.5, 0.6) is 5.75 Å². The Morgan fingerprint density at radius 1 is 0.957 bits per heavy atom. The Kier molecular flexibility index (Phi) is 7.41. The molecule has 2 aromatic rings. The minimum atomic E-state index is 0.198. The van der Waals surface area contributed by atoms with Crippen LogP contribution in [0.3, 0.4) is 0 Å². The molecule has 0 fully saturated rings. The van der Waals surface area contributed by atoms with Crippen molar-refractivity contribution < 1.29 is 4.74 Å². The summed E-state index contributed by atoms with van der Waals surface area (Å²) in [6.07, 6.45) is 6.80. The summed E-state index contributed by atoms with van der Waals surface area (Å²) in [5, 5.41) is 6.18. The molecule has 0 atom stereocenters. The molecule has 0 amide bonds. The van der Waals surface area contributed by atoms with Crippen LogP contribution in [0.1, 0.15) is 58.4 Å². The molecule has 126 valence electrons. The normalized spacial score (nSPS) is 11.3. The van der Waals surface area contributed by atoms with Gasteiger partial charge >= 0.3 is 0 Å². The minimum Gasteiger partial charge on any atom is -0.491 e. The van der Waals surface area contributed by atoms with Crippen molar-refractivity contribution >= 4 is 10.8 Å². The fourth-order valence-corrected chi connectivity index (χ4v) is 2.93. The Balaban J connectivity index is 2.01. The molecule has 2 rings (SSSR count). The molecule has 0 aliphatic carbocycles. The number of fused-ring (bicyclic) bond motifs is 1. The zero-order valence-electron chi connectivity index (χ0n) is 14.9. The maximum absolute atomic E-state index is 6.02. The first-order valence-corrected chi connectivity index (χ1v) is 9.10. The van der Waals surface area contributed by atoms with E-state index in [2.05, 4.69) is 62.5 Å². The number of benzene rings is 2. The molecule has 0 unspecified atom stereocenters. The quantitative estimate of drug-likeness (QED) is 0.569. The summed E-state index contributed by atoms with van der Waals surface area (Å²) in [6.45, 7) is 8.38. The molecule has 0 bridgehead atoms. The minimum absolute atomic E-state index is 0.198. The highest BCUT2D eigenvalue weighted by molar-refractivity contribution is 5.87. The molecule has 0 aliphatic rings. The van der Waals surface area contributed by atoms with E-state index < -0.39 is 0 Å². The van der Waals surface area contributed by atoms with Crippen LogP contribution in [0.25, 0.3) is 10.8 Å². The van der Waals surface area contributed by atoms with Crippen LogP contribution >= 0.6 is 0 Å². The van der Waals surface area contributed by atoms with E-state index in [9.17, 15) is 0 Å². The van der Waals surface area contributed by atoms with Crippen LogP contribution in [0.15, 0.2) is 36.4 Å². The van der Waals surface area contributed by atoms with Crippen molar-refractivity contribution in [2.45, 2.75) is 65.5 Å². The lowest BCUT2D eigenvalue weighted by molar-refractivity contribution is 0.240. The van der Waals surface area contributed by atoms with Gasteiger partial charge in [-0.1, -0.05) is 62.9 Å². The number of hydrogen-bond acceptors (Lipinski definition) is 2. The van der Waals surface area contributed by atoms with Crippen molar-refractivity contribution in [2.75, 3.05) is 6.54 Å². The van der Waals surface area contributed by atoms with Crippen LogP contribution in [-0.4, -0.2) is 12.6 Å². The number of ether oxygens (including phenoxy) is 1. The van der Waals surface area contributed by atoms with Gasteiger partial charge in [-0.15, -0.1) is 0 Å². The lowest BCUT2D eigenvalue weighted by atomic mass is 10.0. The van der Waals surface area contributed by atoms with E-state index in [0.717, 1.165) is 18.8 Å². The Morgan fingerprint density at radius 3 is 2.52 bits per heavy atom. The smallest absolute Gasteiger partial charge is 0.124 e. The predicted octanol–water partition coefficient (Wildman–Crippen LogP) is 5.69. The van der Waals surface area contributed by atoms with Crippen LogP contribution in [0.2, 0.25) is 0 Å². The molecule has 0 radical (unpaired) electrons. The first-order chi connectivity index (χ1) is 11.2. The van der Waals surface area contributed by atoms with Crippen molar-refractivity contribution in [3.63, 3.8) is 0 Å². The highest BCUT2D eigenvalue weighted by Gasteiger charge is 2.09. The Morgan fingerprint density at radius 2 is 1.74 bits per heavy atom. The van der Waals surface area contributed by atoms with E-state index in [-0.39, 0.29) is 6.10 Å². The summed E-state index contributed by atoms with van der Waals surface area (Å²) in [5.74, 6) is 1.01. The number of unbranched alkanes of at least 4 members (excludes halogenated alkanes) is 4. The van der Waals surface area contributed by atoms with Gasteiger partial charge in [-0.3, -0.25) is 0 Å². The van der Waals surface area contributed by atoms with E-state index in [4.69, 9.17) is 4.74 Å². The third-order valence-electron chi connectivity index (χ3n) is 4.12. The standard InChI is InChI=1S/C21H31NO/c1-4-5-6-7-10-15-22-16-20-19-12-9-8-11-18(19)13-14-21(20)23-17(2)3/h8-9,11-14,17,22H,4-7,10,15-16H2,1-3H3. The molecule has 0 saturated carbocycles. The zero-order chi connectivity index (χ0) is 16.5. The third-order valence-corrected chi connectivity index (χ3v) is 4.12. The average molecular weight is 313 g/mol. The van der Waals surface area contributed by atoms with Crippen LogP contribution in [0, 0.1) is 0 Å². The monoisotopic (exact) mass is 313 g/mol. The van der Waals surface area contributed by atoms with Crippen molar-refractivity contribution in [3.8, 4) is 5.75 Å². The molecular formula is C21H31NO. The summed E-state index contributed by atoms with van der Waals surface area (Å²) in [7, 11) is 0. The topological polar surface area (TPSA) is 21.3 Å². The van der Waals surface area contributed by atoms with Gasteiger partial charge in [0, 0.05) is 12.1 Å². The van der Waals surface area contributed by atoms with Crippen LogP contribution in [0.4, 0.5) is 0 Å². The first-order valence-electron chi connectivity index (χ1n) is 9.10. The predicted molar refractivity (Wildman–Crippen MR) is 100 cm³/mol. The average Bonchev–Trinajstić information content (AvgIpc) is 2.55. The van der Waals surface area contributed by atoms with Crippen molar-refractivity contribution in [3.05, 3.63) is 42.0 Å². The molecule has 23 heavy (non-hydrogen) atoms. The summed E-state index contributed by atoms with van der Waals surface area (Å²) in [6, 6.07) is 12.8. The van der Waals surface area contributed by atoms with Crippen LogP contribution < -0.4 is 10.1 Å². The van der Waals surface area contributed by atoms with E-state index in [1.165, 1.54) is 48.4 Å². The van der Waals surface area contributed by atoms with Gasteiger partial charge in [0.1, 0.15) is 5.75 Å². The highest BCUT2D eigenvalue weighted by atomic mass is 16.5. The lowest BCUT2D eigenvalue weighted by Gasteiger charge is -2.17. The molecule has 0 saturated heterocycles. The Hall–Kier alpha value is -1.54. The van der Waals surface area contributed by atoms with Gasteiger partial charge in [-0.2, -0.15) is 0 Å². The van der Waals surface area contributed by atoms with Gasteiger partial charge in [-0.25, -0.2) is 0 Å². The Bertz CT molecular complexity index is 591. The van der Waals surface area contributed by atoms with Gasteiger partial charge in [0.15, 0.2) is 0 Å². The molecule has 0 spiro atoms. The molecule has 2 nitrogen and oxygen atoms in total. The fraction of sp³-hybridized carbons (Fsp3) is 0.524. The second kappa shape index (κ2) is 9.57. The van der Waals surface area contributed by atoms with E-state index in [1.807, 2.05) is 0 Å². The SMILES string of the molecule is CCCCCCCNCc1c(OC(C)C)ccc2ccccc12. The summed E-state index contributed by atoms with van der Waals surface area (Å²) in [5.41, 5.74) is 1.28. The van der Waals surface area contributed by atoms with Gasteiger partial charge in [0.05, 0.1) is 6.10 Å². The number of nitrogens with one attached hydrogen (secondary N) is 1. The largest absolute Gasteiger partial charge is 0.491 e. The maximum atomic E-state index is 6.02. The first kappa shape index (κ1) is 17.8. The summed E-state index contributed by atoms with van der Waals surface area (Å²) < 4.78 is 6.02. The van der Waals surface area contributed by atoms with E-state index in [0.29, 0.717) is 0 Å². The number of hydrogen-bond donors (Lipinski definition) is 1. The molecule has 0 aromatic heterocycles. The van der Waals surface area contributed by atoms with Crippen molar-refractivity contribution in [2.24, 2.45) is 0 Å². The van der Waals surface area contributed by atoms with Crippen LogP contribution in [-0.2, 0) is 6.54 Å². The van der Waals surface area contributed by atoms with E-state index >= 15 is 0 Å². The fourth-order valence-electron chi connectivity index (χ4n) is 2.93. The number of rotatable bonds is 10. The summed E-state index contributed by atoms with van der Waals surface area (Å²) >= 11 is 0. The molecular weight excluding hydrogens is 282 g/mol. The second-order valence-corrected chi connectivity index (χ2v) is 6.52. The second-order valence-electron chi connectivity index (χ2n) is 6.52. The van der Waals surface area contributed by atoms with E-state index in [1.54, 1.807) is 0 Å². The molecule has 0 heterocycles. The summed E-state index contributed by atoms with van der Waals surface area (Å²) in [4.78, 5) is 0. The molecule has 2 aromatic carbocycles. The lowest BCUT2D eigenvalue weighted by Crippen LogP contribution is -2.17. The van der Waals surface area contributed by atoms with Gasteiger partial charge in [-0.05, 0) is 43.7 Å². The van der Waals surface area contributed by atoms with Gasteiger partial charge in [0.25, 0.3) is 0 Å².